The van der Waals surface area contributed by atoms with Crippen LogP contribution in [0.3, 0.4) is 0 Å². The van der Waals surface area contributed by atoms with E-state index in [1.165, 1.54) is 6.92 Å². The third kappa shape index (κ3) is 4.35. The lowest BCUT2D eigenvalue weighted by Crippen LogP contribution is -2.45. The van der Waals surface area contributed by atoms with E-state index in [0.717, 1.165) is 22.9 Å². The molecular weight excluding hydrogens is 358 g/mol. The van der Waals surface area contributed by atoms with Gasteiger partial charge in [0.1, 0.15) is 6.04 Å². The van der Waals surface area contributed by atoms with Crippen molar-refractivity contribution in [2.24, 2.45) is 0 Å². The van der Waals surface area contributed by atoms with Gasteiger partial charge >= 0.3 is 5.97 Å². The first-order valence-corrected chi connectivity index (χ1v) is 9.82. The number of rotatable bonds is 8. The Morgan fingerprint density at radius 1 is 1.29 bits per heavy atom. The van der Waals surface area contributed by atoms with Crippen LogP contribution in [-0.2, 0) is 14.4 Å². The first kappa shape index (κ1) is 19.9. The largest absolute Gasteiger partial charge is 0.481 e. The smallest absolute Gasteiger partial charge is 0.311 e. The Balaban J connectivity index is 1.49. The van der Waals surface area contributed by atoms with Crippen LogP contribution >= 0.6 is 0 Å². The minimum atomic E-state index is -0.836. The van der Waals surface area contributed by atoms with Crippen molar-refractivity contribution in [2.75, 3.05) is 13.1 Å². The van der Waals surface area contributed by atoms with Crippen molar-refractivity contribution in [1.29, 1.82) is 0 Å². The standard InChI is InChI=1S/C21H27N3O4/c1-14(25)24-12-6-10-19(24)20(26)22-11-5-4-8-16(21(27)28)17-13-23-18-9-3-2-7-15(17)18/h2-3,7,9,13,16,19,23H,4-6,8,10-12H2,1H3,(H,22,26)(H,27,28). The molecule has 150 valence electrons. The summed E-state index contributed by atoms with van der Waals surface area (Å²) in [6.45, 7) is 2.61. The van der Waals surface area contributed by atoms with Gasteiger partial charge in [-0.05, 0) is 37.3 Å². The molecule has 0 radical (unpaired) electrons. The lowest BCUT2D eigenvalue weighted by atomic mass is 9.93. The molecule has 2 aromatic rings. The number of hydrogen-bond acceptors (Lipinski definition) is 3. The Morgan fingerprint density at radius 3 is 2.82 bits per heavy atom. The summed E-state index contributed by atoms with van der Waals surface area (Å²) >= 11 is 0. The minimum absolute atomic E-state index is 0.0688. The second-order valence-electron chi connectivity index (χ2n) is 7.34. The summed E-state index contributed by atoms with van der Waals surface area (Å²) < 4.78 is 0. The van der Waals surface area contributed by atoms with Crippen LogP contribution in [0.5, 0.6) is 0 Å². The number of aromatic nitrogens is 1. The maximum atomic E-state index is 12.3. The molecule has 1 saturated heterocycles. The number of carbonyl (C=O) groups is 3. The van der Waals surface area contributed by atoms with E-state index >= 15 is 0 Å². The summed E-state index contributed by atoms with van der Waals surface area (Å²) in [5.41, 5.74) is 1.73. The number of carbonyl (C=O) groups excluding carboxylic acids is 2. The number of H-pyrrole nitrogens is 1. The Bertz CT molecular complexity index is 860. The normalized spacial score (nSPS) is 17.6. The highest BCUT2D eigenvalue weighted by molar-refractivity contribution is 5.89. The zero-order valence-electron chi connectivity index (χ0n) is 16.1. The predicted octanol–water partition coefficient (Wildman–Crippen LogP) is 2.63. The molecule has 1 aromatic carbocycles. The maximum absolute atomic E-state index is 12.3. The Hall–Kier alpha value is -2.83. The van der Waals surface area contributed by atoms with Crippen LogP contribution in [0.25, 0.3) is 10.9 Å². The quantitative estimate of drug-likeness (QED) is 0.608. The lowest BCUT2D eigenvalue weighted by molar-refractivity contribution is -0.139. The summed E-state index contributed by atoms with van der Waals surface area (Å²) in [4.78, 5) is 40.4. The van der Waals surface area contributed by atoms with Crippen molar-refractivity contribution >= 4 is 28.7 Å². The summed E-state index contributed by atoms with van der Waals surface area (Å²) in [5.74, 6) is -1.59. The molecule has 2 amide bonds. The number of hydrogen-bond donors (Lipinski definition) is 3. The second-order valence-corrected chi connectivity index (χ2v) is 7.34. The third-order valence-corrected chi connectivity index (χ3v) is 5.47. The van der Waals surface area contributed by atoms with Crippen LogP contribution in [0.4, 0.5) is 0 Å². The van der Waals surface area contributed by atoms with E-state index in [4.69, 9.17) is 0 Å². The van der Waals surface area contributed by atoms with Crippen molar-refractivity contribution < 1.29 is 19.5 Å². The number of likely N-dealkylation sites (tertiary alicyclic amines) is 1. The van der Waals surface area contributed by atoms with Gasteiger partial charge in [0.15, 0.2) is 0 Å². The molecule has 2 unspecified atom stereocenters. The molecule has 3 N–H and O–H groups in total. The lowest BCUT2D eigenvalue weighted by Gasteiger charge is -2.22. The van der Waals surface area contributed by atoms with Gasteiger partial charge in [-0.25, -0.2) is 0 Å². The van der Waals surface area contributed by atoms with E-state index in [2.05, 4.69) is 10.3 Å². The predicted molar refractivity (Wildman–Crippen MR) is 106 cm³/mol. The number of fused-ring (bicyclic) bond motifs is 1. The molecule has 7 heteroatoms. The van der Waals surface area contributed by atoms with Crippen molar-refractivity contribution in [3.05, 3.63) is 36.0 Å². The van der Waals surface area contributed by atoms with Crippen LogP contribution in [-0.4, -0.2) is 51.9 Å². The molecule has 0 aliphatic carbocycles. The molecule has 0 bridgehead atoms. The van der Waals surface area contributed by atoms with Crippen LogP contribution in [0.1, 0.15) is 50.5 Å². The summed E-state index contributed by atoms with van der Waals surface area (Å²) in [5, 5.41) is 13.5. The number of aliphatic carboxylic acids is 1. The number of amides is 2. The molecule has 1 aliphatic rings. The van der Waals surface area contributed by atoms with Gasteiger partial charge < -0.3 is 20.3 Å². The fourth-order valence-electron chi connectivity index (χ4n) is 4.01. The van der Waals surface area contributed by atoms with Gasteiger partial charge in [-0.1, -0.05) is 24.6 Å². The number of nitrogens with one attached hydrogen (secondary N) is 2. The van der Waals surface area contributed by atoms with Crippen molar-refractivity contribution in [1.82, 2.24) is 15.2 Å². The zero-order chi connectivity index (χ0) is 20.1. The number of nitrogens with zero attached hydrogens (tertiary/aromatic N) is 1. The number of benzene rings is 1. The van der Waals surface area contributed by atoms with E-state index in [-0.39, 0.29) is 17.9 Å². The van der Waals surface area contributed by atoms with Crippen LogP contribution in [0.2, 0.25) is 0 Å². The summed E-state index contributed by atoms with van der Waals surface area (Å²) in [7, 11) is 0. The molecule has 1 aliphatic heterocycles. The van der Waals surface area contributed by atoms with Gasteiger partial charge in [-0.2, -0.15) is 0 Å². The highest BCUT2D eigenvalue weighted by atomic mass is 16.4. The minimum Gasteiger partial charge on any atom is -0.481 e. The number of aromatic amines is 1. The number of para-hydroxylation sites is 1. The van der Waals surface area contributed by atoms with Crippen LogP contribution in [0.15, 0.2) is 30.5 Å². The molecule has 2 atom stereocenters. The third-order valence-electron chi connectivity index (χ3n) is 5.47. The topological polar surface area (TPSA) is 102 Å². The van der Waals surface area contributed by atoms with Gasteiger partial charge in [0, 0.05) is 37.1 Å². The molecule has 1 fully saturated rings. The second kappa shape index (κ2) is 8.91. The molecule has 28 heavy (non-hydrogen) atoms. The molecule has 0 saturated carbocycles. The van der Waals surface area contributed by atoms with E-state index in [9.17, 15) is 19.5 Å². The molecule has 7 nitrogen and oxygen atoms in total. The number of carboxylic acid groups (broad SMARTS) is 1. The van der Waals surface area contributed by atoms with Crippen molar-refractivity contribution in [2.45, 2.75) is 51.0 Å². The van der Waals surface area contributed by atoms with Gasteiger partial charge in [0.25, 0.3) is 0 Å². The molecule has 2 heterocycles. The summed E-state index contributed by atoms with van der Waals surface area (Å²) in [6.07, 6.45) is 5.23. The monoisotopic (exact) mass is 385 g/mol. The molecule has 3 rings (SSSR count). The van der Waals surface area contributed by atoms with Gasteiger partial charge in [-0.15, -0.1) is 0 Å². The van der Waals surface area contributed by atoms with E-state index in [1.807, 2.05) is 24.3 Å². The van der Waals surface area contributed by atoms with Crippen LogP contribution in [0, 0.1) is 0 Å². The van der Waals surface area contributed by atoms with E-state index in [1.54, 1.807) is 11.1 Å². The van der Waals surface area contributed by atoms with Crippen molar-refractivity contribution in [3.63, 3.8) is 0 Å². The fourth-order valence-corrected chi connectivity index (χ4v) is 4.01. The Morgan fingerprint density at radius 2 is 2.07 bits per heavy atom. The average molecular weight is 385 g/mol. The van der Waals surface area contributed by atoms with Gasteiger partial charge in [-0.3, -0.25) is 14.4 Å². The zero-order valence-corrected chi connectivity index (χ0v) is 16.1. The molecular formula is C21H27N3O4. The van der Waals surface area contributed by atoms with E-state index in [0.29, 0.717) is 38.8 Å². The van der Waals surface area contributed by atoms with E-state index < -0.39 is 11.9 Å². The maximum Gasteiger partial charge on any atom is 0.311 e. The number of carboxylic acids is 1. The number of unbranched alkanes of at least 4 members (excludes halogenated alkanes) is 1. The first-order chi connectivity index (χ1) is 13.5. The summed E-state index contributed by atoms with van der Waals surface area (Å²) in [6, 6.07) is 7.32. The Kier molecular flexibility index (Phi) is 6.34. The van der Waals surface area contributed by atoms with Crippen molar-refractivity contribution in [3.8, 4) is 0 Å². The SMILES string of the molecule is CC(=O)N1CCCC1C(=O)NCCCCC(C(=O)O)c1c[nH]c2ccccc12. The highest BCUT2D eigenvalue weighted by Crippen LogP contribution is 2.29. The van der Waals surface area contributed by atoms with Gasteiger partial charge in [0.05, 0.1) is 5.92 Å². The molecule has 1 aromatic heterocycles. The molecule has 0 spiro atoms. The first-order valence-electron chi connectivity index (χ1n) is 9.82. The Labute approximate surface area is 164 Å². The van der Waals surface area contributed by atoms with Crippen LogP contribution < -0.4 is 5.32 Å². The fraction of sp³-hybridized carbons (Fsp3) is 0.476. The van der Waals surface area contributed by atoms with Gasteiger partial charge in [0.2, 0.25) is 11.8 Å². The highest BCUT2D eigenvalue weighted by Gasteiger charge is 2.32. The average Bonchev–Trinajstić information content (AvgIpc) is 3.31.